The molecule has 3 rings (SSSR count). The number of aromatic nitrogens is 3. The lowest BCUT2D eigenvalue weighted by Crippen LogP contribution is -2.13. The van der Waals surface area contributed by atoms with Gasteiger partial charge in [-0.15, -0.1) is 0 Å². The van der Waals surface area contributed by atoms with E-state index in [2.05, 4.69) is 55.6 Å². The minimum Gasteiger partial charge on any atom is -0.330 e. The number of hydrogen-bond donors (Lipinski definition) is 1. The van der Waals surface area contributed by atoms with Crippen molar-refractivity contribution in [1.82, 2.24) is 14.5 Å². The van der Waals surface area contributed by atoms with Gasteiger partial charge < -0.3 is 9.88 Å². The third-order valence-electron chi connectivity index (χ3n) is 5.10. The van der Waals surface area contributed by atoms with E-state index >= 15 is 0 Å². The van der Waals surface area contributed by atoms with Crippen LogP contribution in [0.5, 0.6) is 0 Å². The lowest BCUT2D eigenvalue weighted by Gasteiger charge is -2.17. The SMILES string of the molecule is CC(C)Cn1cnc2c(NC(=O)CCCCCC(C)(C)C)nc3ccccc3c21. The predicted molar refractivity (Wildman–Crippen MR) is 121 cm³/mol. The van der Waals surface area contributed by atoms with Crippen molar-refractivity contribution >= 4 is 33.7 Å². The zero-order valence-corrected chi connectivity index (χ0v) is 18.5. The van der Waals surface area contributed by atoms with Gasteiger partial charge in [-0.1, -0.05) is 65.7 Å². The predicted octanol–water partition coefficient (Wildman–Crippen LogP) is 6.18. The molecule has 0 saturated heterocycles. The molecular weight excluding hydrogens is 360 g/mol. The van der Waals surface area contributed by atoms with Gasteiger partial charge in [0.15, 0.2) is 5.82 Å². The highest BCUT2D eigenvalue weighted by molar-refractivity contribution is 6.09. The number of benzene rings is 1. The van der Waals surface area contributed by atoms with Gasteiger partial charge in [0.05, 0.1) is 17.4 Å². The highest BCUT2D eigenvalue weighted by Crippen LogP contribution is 2.29. The Balaban J connectivity index is 1.76. The summed E-state index contributed by atoms with van der Waals surface area (Å²) >= 11 is 0. The first kappa shape index (κ1) is 21.3. The third-order valence-corrected chi connectivity index (χ3v) is 5.10. The van der Waals surface area contributed by atoms with Crippen LogP contribution in [0.3, 0.4) is 0 Å². The van der Waals surface area contributed by atoms with Crippen LogP contribution in [0, 0.1) is 11.3 Å². The zero-order chi connectivity index (χ0) is 21.0. The number of nitrogens with zero attached hydrogens (tertiary/aromatic N) is 3. The van der Waals surface area contributed by atoms with Gasteiger partial charge >= 0.3 is 0 Å². The van der Waals surface area contributed by atoms with Crippen molar-refractivity contribution in [3.63, 3.8) is 0 Å². The topological polar surface area (TPSA) is 59.8 Å². The first-order valence-corrected chi connectivity index (χ1v) is 10.8. The minimum atomic E-state index is 0.0169. The van der Waals surface area contributed by atoms with E-state index < -0.39 is 0 Å². The molecule has 0 aliphatic carbocycles. The number of carbonyl (C=O) groups is 1. The van der Waals surface area contributed by atoms with Gasteiger partial charge in [-0.2, -0.15) is 0 Å². The molecule has 2 heterocycles. The summed E-state index contributed by atoms with van der Waals surface area (Å²) in [4.78, 5) is 21.9. The number of anilines is 1. The molecule has 1 N–H and O–H groups in total. The fourth-order valence-electron chi connectivity index (χ4n) is 3.71. The van der Waals surface area contributed by atoms with Crippen LogP contribution in [-0.4, -0.2) is 20.4 Å². The Hall–Kier alpha value is -2.43. The van der Waals surface area contributed by atoms with E-state index in [9.17, 15) is 4.79 Å². The lowest BCUT2D eigenvalue weighted by molar-refractivity contribution is -0.116. The normalized spacial score (nSPS) is 12.2. The number of nitrogens with one attached hydrogen (secondary N) is 1. The second-order valence-corrected chi connectivity index (χ2v) is 9.64. The first-order chi connectivity index (χ1) is 13.7. The number of carbonyl (C=O) groups excluding carboxylic acids is 1. The first-order valence-electron chi connectivity index (χ1n) is 10.8. The molecule has 0 bridgehead atoms. The molecule has 2 aromatic heterocycles. The molecule has 0 aliphatic heterocycles. The number of hydrogen-bond acceptors (Lipinski definition) is 3. The maximum atomic E-state index is 12.6. The van der Waals surface area contributed by atoms with Crippen molar-refractivity contribution in [3.8, 4) is 0 Å². The molecule has 29 heavy (non-hydrogen) atoms. The summed E-state index contributed by atoms with van der Waals surface area (Å²) in [5, 5.41) is 4.10. The number of amides is 1. The van der Waals surface area contributed by atoms with Crippen LogP contribution in [0.2, 0.25) is 0 Å². The van der Waals surface area contributed by atoms with E-state index in [4.69, 9.17) is 4.98 Å². The number of pyridine rings is 1. The van der Waals surface area contributed by atoms with Gasteiger partial charge in [-0.05, 0) is 30.2 Å². The number of para-hydroxylation sites is 1. The van der Waals surface area contributed by atoms with Gasteiger partial charge in [0.1, 0.15) is 5.52 Å². The van der Waals surface area contributed by atoms with Gasteiger partial charge in [-0.25, -0.2) is 9.97 Å². The molecule has 0 unspecified atom stereocenters. The molecule has 0 fully saturated rings. The monoisotopic (exact) mass is 394 g/mol. The molecule has 1 amide bonds. The largest absolute Gasteiger partial charge is 0.330 e. The Bertz CT molecular complexity index is 982. The quantitative estimate of drug-likeness (QED) is 0.464. The summed E-state index contributed by atoms with van der Waals surface area (Å²) in [6, 6.07) is 8.06. The highest BCUT2D eigenvalue weighted by Gasteiger charge is 2.16. The summed E-state index contributed by atoms with van der Waals surface area (Å²) < 4.78 is 2.17. The lowest BCUT2D eigenvalue weighted by atomic mass is 9.89. The van der Waals surface area contributed by atoms with Crippen molar-refractivity contribution in [1.29, 1.82) is 0 Å². The van der Waals surface area contributed by atoms with Crippen LogP contribution in [-0.2, 0) is 11.3 Å². The van der Waals surface area contributed by atoms with E-state index in [-0.39, 0.29) is 5.91 Å². The second-order valence-electron chi connectivity index (χ2n) is 9.64. The van der Waals surface area contributed by atoms with E-state index in [0.717, 1.165) is 47.7 Å². The maximum absolute atomic E-state index is 12.6. The Morgan fingerprint density at radius 1 is 1.14 bits per heavy atom. The summed E-state index contributed by atoms with van der Waals surface area (Å²) in [5.74, 6) is 1.09. The average molecular weight is 395 g/mol. The fraction of sp³-hybridized carbons (Fsp3) is 0.542. The summed E-state index contributed by atoms with van der Waals surface area (Å²) in [6.07, 6.45) is 6.71. The molecule has 156 valence electrons. The third kappa shape index (κ3) is 5.55. The Morgan fingerprint density at radius 3 is 2.62 bits per heavy atom. The molecule has 5 nitrogen and oxygen atoms in total. The summed E-state index contributed by atoms with van der Waals surface area (Å²) in [6.45, 7) is 12.0. The average Bonchev–Trinajstić information content (AvgIpc) is 3.04. The second kappa shape index (κ2) is 8.93. The molecule has 0 radical (unpaired) electrons. The molecule has 3 aromatic rings. The Morgan fingerprint density at radius 2 is 1.90 bits per heavy atom. The van der Waals surface area contributed by atoms with Crippen LogP contribution in [0.15, 0.2) is 30.6 Å². The Kier molecular flexibility index (Phi) is 6.56. The van der Waals surface area contributed by atoms with Crippen molar-refractivity contribution in [2.24, 2.45) is 11.3 Å². The smallest absolute Gasteiger partial charge is 0.225 e. The minimum absolute atomic E-state index is 0.0169. The van der Waals surface area contributed by atoms with E-state index in [0.29, 0.717) is 23.6 Å². The molecule has 0 aliphatic rings. The van der Waals surface area contributed by atoms with Crippen LogP contribution in [0.4, 0.5) is 5.82 Å². The number of fused-ring (bicyclic) bond motifs is 3. The van der Waals surface area contributed by atoms with E-state index in [1.165, 1.54) is 6.42 Å². The number of unbranched alkanes of at least 4 members (excludes halogenated alkanes) is 2. The highest BCUT2D eigenvalue weighted by atomic mass is 16.1. The van der Waals surface area contributed by atoms with Crippen LogP contribution in [0.25, 0.3) is 21.9 Å². The van der Waals surface area contributed by atoms with Crippen LogP contribution >= 0.6 is 0 Å². The van der Waals surface area contributed by atoms with Gasteiger partial charge in [0.2, 0.25) is 5.91 Å². The molecular formula is C24H34N4O. The summed E-state index contributed by atoms with van der Waals surface area (Å²) in [5.41, 5.74) is 3.05. The van der Waals surface area contributed by atoms with E-state index in [1.807, 2.05) is 24.5 Å². The summed E-state index contributed by atoms with van der Waals surface area (Å²) in [7, 11) is 0. The van der Waals surface area contributed by atoms with Gasteiger partial charge in [0, 0.05) is 18.4 Å². The molecule has 1 aromatic carbocycles. The number of rotatable bonds is 8. The van der Waals surface area contributed by atoms with Crippen molar-refractivity contribution in [3.05, 3.63) is 30.6 Å². The van der Waals surface area contributed by atoms with Crippen molar-refractivity contribution in [2.75, 3.05) is 5.32 Å². The van der Waals surface area contributed by atoms with Crippen LogP contribution in [0.1, 0.15) is 66.7 Å². The zero-order valence-electron chi connectivity index (χ0n) is 18.5. The molecule has 0 saturated carbocycles. The van der Waals surface area contributed by atoms with E-state index in [1.54, 1.807) is 0 Å². The number of imidazole rings is 1. The van der Waals surface area contributed by atoms with Gasteiger partial charge in [0.25, 0.3) is 0 Å². The molecule has 0 atom stereocenters. The standard InChI is InChI=1S/C24H34N4O/c1-17(2)15-28-16-25-21-22(28)18-11-8-9-12-19(18)26-23(21)27-20(29)13-7-6-10-14-24(3,4)5/h8-9,11-12,16-17H,6-7,10,13-15H2,1-5H3,(H,26,27,29). The van der Waals surface area contributed by atoms with Gasteiger partial charge in [-0.3, -0.25) is 4.79 Å². The molecule has 0 spiro atoms. The Labute approximate surface area is 173 Å². The maximum Gasteiger partial charge on any atom is 0.225 e. The van der Waals surface area contributed by atoms with Crippen molar-refractivity contribution < 1.29 is 4.79 Å². The fourth-order valence-corrected chi connectivity index (χ4v) is 3.71. The van der Waals surface area contributed by atoms with Crippen LogP contribution < -0.4 is 5.32 Å². The van der Waals surface area contributed by atoms with Crippen molar-refractivity contribution in [2.45, 2.75) is 73.3 Å². The molecule has 5 heteroatoms.